The highest BCUT2D eigenvalue weighted by molar-refractivity contribution is 5.97. The van der Waals surface area contributed by atoms with Crippen LogP contribution in [0.5, 0.6) is 0 Å². The molecule has 1 saturated heterocycles. The van der Waals surface area contributed by atoms with E-state index in [4.69, 9.17) is 0 Å². The Balaban J connectivity index is 1.63. The van der Waals surface area contributed by atoms with Crippen molar-refractivity contribution in [2.24, 2.45) is 12.5 Å². The van der Waals surface area contributed by atoms with Crippen LogP contribution < -0.4 is 5.56 Å². The average molecular weight is 341 g/mol. The zero-order valence-corrected chi connectivity index (χ0v) is 14.4. The number of aromatic nitrogens is 2. The SMILES string of the molecule is Cn1cnc2cc(C(=O)N3CCC[C@@]4(CCC[C@H]4O)C3)ccc2c1=O. The highest BCUT2D eigenvalue weighted by Gasteiger charge is 2.45. The zero-order chi connectivity index (χ0) is 17.6. The molecule has 25 heavy (non-hydrogen) atoms. The second-order valence-corrected chi connectivity index (χ2v) is 7.49. The Morgan fingerprint density at radius 2 is 2.12 bits per heavy atom. The molecule has 1 spiro atoms. The Bertz CT molecular complexity index is 891. The van der Waals surface area contributed by atoms with Crippen molar-refractivity contribution in [3.05, 3.63) is 40.4 Å². The minimum atomic E-state index is -0.301. The zero-order valence-electron chi connectivity index (χ0n) is 14.4. The third kappa shape index (κ3) is 2.65. The maximum atomic E-state index is 13.0. The summed E-state index contributed by atoms with van der Waals surface area (Å²) in [7, 11) is 1.66. The smallest absolute Gasteiger partial charge is 0.260 e. The van der Waals surface area contributed by atoms with Crippen molar-refractivity contribution in [2.75, 3.05) is 13.1 Å². The maximum absolute atomic E-state index is 13.0. The first-order valence-corrected chi connectivity index (χ1v) is 8.93. The van der Waals surface area contributed by atoms with E-state index in [9.17, 15) is 14.7 Å². The monoisotopic (exact) mass is 341 g/mol. The van der Waals surface area contributed by atoms with E-state index in [-0.39, 0.29) is 23.0 Å². The summed E-state index contributed by atoms with van der Waals surface area (Å²) in [5, 5.41) is 10.9. The fourth-order valence-electron chi connectivity index (χ4n) is 4.46. The summed E-state index contributed by atoms with van der Waals surface area (Å²) in [5.41, 5.74) is 0.855. The first-order chi connectivity index (χ1) is 12.0. The van der Waals surface area contributed by atoms with Crippen molar-refractivity contribution in [3.8, 4) is 0 Å². The average Bonchev–Trinajstić information content (AvgIpc) is 2.97. The minimum absolute atomic E-state index is 0.0393. The molecule has 1 aromatic carbocycles. The number of rotatable bonds is 1. The van der Waals surface area contributed by atoms with Crippen LogP contribution in [0.4, 0.5) is 0 Å². The number of fused-ring (bicyclic) bond motifs is 1. The number of piperidine rings is 1. The summed E-state index contributed by atoms with van der Waals surface area (Å²) in [6.45, 7) is 1.34. The normalized spacial score (nSPS) is 26.5. The summed E-state index contributed by atoms with van der Waals surface area (Å²) < 4.78 is 1.43. The van der Waals surface area contributed by atoms with Crippen LogP contribution >= 0.6 is 0 Å². The van der Waals surface area contributed by atoms with Crippen LogP contribution in [-0.2, 0) is 7.05 Å². The predicted molar refractivity (Wildman–Crippen MR) is 94.4 cm³/mol. The molecule has 1 saturated carbocycles. The third-order valence-electron chi connectivity index (χ3n) is 5.92. The number of carbonyl (C=O) groups is 1. The molecular weight excluding hydrogens is 318 g/mol. The standard InChI is InChI=1S/C19H23N3O3/c1-21-12-20-15-10-13(5-6-14(15)18(21)25)17(24)22-9-3-8-19(11-22)7-2-4-16(19)23/h5-6,10,12,16,23H,2-4,7-9,11H2,1H3/t16-,19+/m1/s1. The van der Waals surface area contributed by atoms with Gasteiger partial charge in [0.2, 0.25) is 0 Å². The van der Waals surface area contributed by atoms with Crippen LogP contribution in [0.25, 0.3) is 10.9 Å². The maximum Gasteiger partial charge on any atom is 0.260 e. The van der Waals surface area contributed by atoms with Crippen molar-refractivity contribution in [1.29, 1.82) is 0 Å². The van der Waals surface area contributed by atoms with Crippen molar-refractivity contribution in [3.63, 3.8) is 0 Å². The quantitative estimate of drug-likeness (QED) is 0.857. The van der Waals surface area contributed by atoms with Gasteiger partial charge in [-0.05, 0) is 43.9 Å². The van der Waals surface area contributed by atoms with E-state index in [0.717, 1.165) is 38.6 Å². The first-order valence-electron chi connectivity index (χ1n) is 8.93. The van der Waals surface area contributed by atoms with Crippen LogP contribution in [0.1, 0.15) is 42.5 Å². The molecule has 2 atom stereocenters. The molecule has 2 fully saturated rings. The first kappa shape index (κ1) is 16.3. The predicted octanol–water partition coefficient (Wildman–Crippen LogP) is 1.70. The molecule has 1 N–H and O–H groups in total. The van der Waals surface area contributed by atoms with Crippen LogP contribution in [0.15, 0.2) is 29.3 Å². The number of likely N-dealkylation sites (tertiary alicyclic amines) is 1. The molecule has 0 unspecified atom stereocenters. The lowest BCUT2D eigenvalue weighted by Crippen LogP contribution is -2.49. The van der Waals surface area contributed by atoms with Gasteiger partial charge in [0.25, 0.3) is 11.5 Å². The molecule has 1 amide bonds. The summed E-state index contributed by atoms with van der Waals surface area (Å²) in [6, 6.07) is 5.09. The van der Waals surface area contributed by atoms with Gasteiger partial charge in [-0.15, -0.1) is 0 Å². The second-order valence-electron chi connectivity index (χ2n) is 7.49. The number of nitrogens with zero attached hydrogens (tertiary/aromatic N) is 3. The Morgan fingerprint density at radius 3 is 2.88 bits per heavy atom. The Kier molecular flexibility index (Phi) is 3.87. The fraction of sp³-hybridized carbons (Fsp3) is 0.526. The number of hydrogen-bond acceptors (Lipinski definition) is 4. The molecule has 6 nitrogen and oxygen atoms in total. The molecule has 0 radical (unpaired) electrons. The molecule has 2 aromatic rings. The minimum Gasteiger partial charge on any atom is -0.392 e. The molecule has 2 heterocycles. The highest BCUT2D eigenvalue weighted by Crippen LogP contribution is 2.45. The summed E-state index contributed by atoms with van der Waals surface area (Å²) >= 11 is 0. The van der Waals surface area contributed by atoms with Crippen molar-refractivity contribution >= 4 is 16.8 Å². The van der Waals surface area contributed by atoms with Gasteiger partial charge in [0.1, 0.15) is 0 Å². The van der Waals surface area contributed by atoms with Crippen LogP contribution in [0.3, 0.4) is 0 Å². The third-order valence-corrected chi connectivity index (χ3v) is 5.92. The van der Waals surface area contributed by atoms with Crippen LogP contribution in [0, 0.1) is 5.41 Å². The largest absolute Gasteiger partial charge is 0.392 e. The van der Waals surface area contributed by atoms with Crippen molar-refractivity contribution < 1.29 is 9.90 Å². The van der Waals surface area contributed by atoms with E-state index in [1.165, 1.54) is 10.9 Å². The number of aliphatic hydroxyl groups is 1. The molecule has 2 aliphatic rings. The number of carbonyl (C=O) groups excluding carboxylic acids is 1. The second kappa shape index (κ2) is 5.95. The molecule has 132 valence electrons. The summed E-state index contributed by atoms with van der Waals surface area (Å²) in [4.78, 5) is 31.2. The van der Waals surface area contributed by atoms with Gasteiger partial charge < -0.3 is 14.6 Å². The molecule has 4 rings (SSSR count). The van der Waals surface area contributed by atoms with Gasteiger partial charge in [-0.2, -0.15) is 0 Å². The molecule has 1 aliphatic heterocycles. The number of aliphatic hydroxyl groups excluding tert-OH is 1. The van der Waals surface area contributed by atoms with Crippen molar-refractivity contribution in [2.45, 2.75) is 38.2 Å². The van der Waals surface area contributed by atoms with Gasteiger partial charge >= 0.3 is 0 Å². The van der Waals surface area contributed by atoms with E-state index in [1.807, 2.05) is 4.90 Å². The van der Waals surface area contributed by atoms with Crippen LogP contribution in [-0.4, -0.2) is 44.7 Å². The number of benzene rings is 1. The van der Waals surface area contributed by atoms with Gasteiger partial charge in [-0.1, -0.05) is 6.42 Å². The number of amides is 1. The van der Waals surface area contributed by atoms with Crippen LogP contribution in [0.2, 0.25) is 0 Å². The lowest BCUT2D eigenvalue weighted by atomic mass is 9.76. The summed E-state index contributed by atoms with van der Waals surface area (Å²) in [5.74, 6) is -0.0393. The fourth-order valence-corrected chi connectivity index (χ4v) is 4.46. The lowest BCUT2D eigenvalue weighted by Gasteiger charge is -2.42. The molecule has 0 bridgehead atoms. The van der Waals surface area contributed by atoms with E-state index < -0.39 is 0 Å². The number of hydrogen-bond donors (Lipinski definition) is 1. The Morgan fingerprint density at radius 1 is 1.32 bits per heavy atom. The van der Waals surface area contributed by atoms with Gasteiger partial charge in [-0.3, -0.25) is 9.59 Å². The molecule has 6 heteroatoms. The van der Waals surface area contributed by atoms with E-state index >= 15 is 0 Å². The lowest BCUT2D eigenvalue weighted by molar-refractivity contribution is -0.00535. The van der Waals surface area contributed by atoms with Gasteiger partial charge in [0.05, 0.1) is 23.3 Å². The van der Waals surface area contributed by atoms with E-state index in [0.29, 0.717) is 23.0 Å². The Hall–Kier alpha value is -2.21. The van der Waals surface area contributed by atoms with E-state index in [2.05, 4.69) is 4.98 Å². The van der Waals surface area contributed by atoms with Gasteiger partial charge in [0.15, 0.2) is 0 Å². The molecular formula is C19H23N3O3. The number of aryl methyl sites for hydroxylation is 1. The van der Waals surface area contributed by atoms with Gasteiger partial charge in [0, 0.05) is 31.1 Å². The van der Waals surface area contributed by atoms with E-state index in [1.54, 1.807) is 25.2 Å². The Labute approximate surface area is 146 Å². The van der Waals surface area contributed by atoms with Gasteiger partial charge in [-0.25, -0.2) is 4.98 Å². The topological polar surface area (TPSA) is 75.4 Å². The van der Waals surface area contributed by atoms with Crippen molar-refractivity contribution in [1.82, 2.24) is 14.5 Å². The molecule has 1 aliphatic carbocycles. The molecule has 1 aromatic heterocycles. The highest BCUT2D eigenvalue weighted by atomic mass is 16.3. The summed E-state index contributed by atoms with van der Waals surface area (Å²) in [6.07, 6.45) is 5.96.